The van der Waals surface area contributed by atoms with E-state index >= 15 is 0 Å². The van der Waals surface area contributed by atoms with Crippen LogP contribution in [0, 0.1) is 5.82 Å². The van der Waals surface area contributed by atoms with Gasteiger partial charge in [-0.1, -0.05) is 17.7 Å². The third-order valence-electron chi connectivity index (χ3n) is 2.98. The second kappa shape index (κ2) is 7.49. The first-order chi connectivity index (χ1) is 11.6. The maximum absolute atomic E-state index is 13.9. The lowest BCUT2D eigenvalue weighted by molar-refractivity contribution is -0.137. The molecule has 0 aliphatic heterocycles. The predicted molar refractivity (Wildman–Crippen MR) is 83.9 cm³/mol. The van der Waals surface area contributed by atoms with Gasteiger partial charge < -0.3 is 9.47 Å². The summed E-state index contributed by atoms with van der Waals surface area (Å²) >= 11 is 11.0. The average molecular weight is 397 g/mol. The van der Waals surface area contributed by atoms with E-state index in [4.69, 9.17) is 32.7 Å². The highest BCUT2D eigenvalue weighted by Crippen LogP contribution is 2.39. The van der Waals surface area contributed by atoms with Crippen molar-refractivity contribution in [3.63, 3.8) is 0 Å². The van der Waals surface area contributed by atoms with Gasteiger partial charge in [0.15, 0.2) is 17.7 Å². The van der Waals surface area contributed by atoms with Gasteiger partial charge in [0, 0.05) is 6.07 Å². The number of hydrogen-bond donors (Lipinski definition) is 0. The number of ether oxygens (including phenoxy) is 2. The summed E-state index contributed by atoms with van der Waals surface area (Å²) in [5, 5.41) is -1.26. The Morgan fingerprint density at radius 1 is 1.16 bits per heavy atom. The van der Waals surface area contributed by atoms with Crippen molar-refractivity contribution in [2.24, 2.45) is 0 Å². The molecule has 0 aliphatic rings. The molecule has 1 atom stereocenters. The minimum absolute atomic E-state index is 0.0484. The fourth-order valence-electron chi connectivity index (χ4n) is 1.80. The number of halogens is 6. The van der Waals surface area contributed by atoms with E-state index in [1.54, 1.807) is 0 Å². The van der Waals surface area contributed by atoms with Gasteiger partial charge >= 0.3 is 6.18 Å². The largest absolute Gasteiger partial charge is 0.481 e. The molecule has 0 aliphatic carbocycles. The molecule has 0 radical (unpaired) electrons. The Kier molecular flexibility index (Phi) is 5.80. The van der Waals surface area contributed by atoms with Gasteiger partial charge in [-0.3, -0.25) is 4.79 Å². The van der Waals surface area contributed by atoms with Crippen LogP contribution in [0.3, 0.4) is 0 Å². The SMILES string of the molecule is CC(Oc1cccc(Oc2c(F)cc(C(F)(F)F)cc2Cl)c1)C(=O)Cl. The Labute approximate surface area is 150 Å². The lowest BCUT2D eigenvalue weighted by Crippen LogP contribution is -2.18. The lowest BCUT2D eigenvalue weighted by atomic mass is 10.2. The van der Waals surface area contributed by atoms with Gasteiger partial charge in [-0.25, -0.2) is 4.39 Å². The van der Waals surface area contributed by atoms with E-state index in [1.165, 1.54) is 31.2 Å². The fraction of sp³-hybridized carbons (Fsp3) is 0.188. The van der Waals surface area contributed by atoms with Crippen LogP contribution in [-0.2, 0) is 11.0 Å². The molecule has 0 saturated heterocycles. The number of benzene rings is 2. The Balaban J connectivity index is 2.27. The summed E-state index contributed by atoms with van der Waals surface area (Å²) in [6.45, 7) is 1.43. The molecule has 0 aromatic heterocycles. The lowest BCUT2D eigenvalue weighted by Gasteiger charge is -2.14. The molecule has 0 heterocycles. The summed E-state index contributed by atoms with van der Waals surface area (Å²) in [6.07, 6.45) is -5.66. The summed E-state index contributed by atoms with van der Waals surface area (Å²) in [5.41, 5.74) is -1.23. The molecule has 2 rings (SSSR count). The van der Waals surface area contributed by atoms with Crippen LogP contribution in [0.25, 0.3) is 0 Å². The van der Waals surface area contributed by atoms with Crippen LogP contribution < -0.4 is 9.47 Å². The van der Waals surface area contributed by atoms with E-state index < -0.39 is 39.7 Å². The summed E-state index contributed by atoms with van der Waals surface area (Å²) in [4.78, 5) is 11.0. The second-order valence-corrected chi connectivity index (χ2v) is 5.69. The molecular formula is C16H10Cl2F4O3. The summed E-state index contributed by atoms with van der Waals surface area (Å²) in [7, 11) is 0. The zero-order chi connectivity index (χ0) is 18.8. The normalized spacial score (nSPS) is 12.6. The van der Waals surface area contributed by atoms with Gasteiger partial charge in [0.25, 0.3) is 5.24 Å². The van der Waals surface area contributed by atoms with E-state index in [2.05, 4.69) is 0 Å². The first-order valence-corrected chi connectivity index (χ1v) is 7.53. The summed E-state index contributed by atoms with van der Waals surface area (Å²) < 4.78 is 62.3. The van der Waals surface area contributed by atoms with Crippen molar-refractivity contribution < 1.29 is 31.8 Å². The molecule has 0 N–H and O–H groups in total. The Morgan fingerprint density at radius 3 is 2.36 bits per heavy atom. The van der Waals surface area contributed by atoms with Gasteiger partial charge in [0.2, 0.25) is 0 Å². The van der Waals surface area contributed by atoms with Gasteiger partial charge in [0.05, 0.1) is 10.6 Å². The van der Waals surface area contributed by atoms with Crippen LogP contribution in [0.5, 0.6) is 17.2 Å². The molecule has 25 heavy (non-hydrogen) atoms. The molecule has 0 fully saturated rings. The molecule has 1 unspecified atom stereocenters. The van der Waals surface area contributed by atoms with Crippen LogP contribution in [0.4, 0.5) is 17.6 Å². The minimum Gasteiger partial charge on any atom is -0.481 e. The summed E-state index contributed by atoms with van der Waals surface area (Å²) in [6, 6.07) is 6.54. The molecular weight excluding hydrogens is 387 g/mol. The molecule has 0 bridgehead atoms. The van der Waals surface area contributed by atoms with Crippen molar-refractivity contribution in [1.29, 1.82) is 0 Å². The van der Waals surface area contributed by atoms with E-state index in [9.17, 15) is 22.4 Å². The zero-order valence-corrected chi connectivity index (χ0v) is 14.0. The summed E-state index contributed by atoms with van der Waals surface area (Å²) in [5.74, 6) is -1.58. The Bertz CT molecular complexity index is 770. The van der Waals surface area contributed by atoms with Crippen LogP contribution in [0.15, 0.2) is 36.4 Å². The first kappa shape index (κ1) is 19.3. The zero-order valence-electron chi connectivity index (χ0n) is 12.5. The number of rotatable bonds is 5. The van der Waals surface area contributed by atoms with Gasteiger partial charge in [-0.2, -0.15) is 13.2 Å². The van der Waals surface area contributed by atoms with Gasteiger partial charge in [-0.05, 0) is 42.8 Å². The second-order valence-electron chi connectivity index (χ2n) is 4.91. The number of carbonyl (C=O) groups is 1. The highest BCUT2D eigenvalue weighted by atomic mass is 35.5. The average Bonchev–Trinajstić information content (AvgIpc) is 2.50. The Hall–Kier alpha value is -1.99. The van der Waals surface area contributed by atoms with Crippen molar-refractivity contribution in [3.05, 3.63) is 52.8 Å². The third kappa shape index (κ3) is 4.99. The van der Waals surface area contributed by atoms with E-state index in [-0.39, 0.29) is 17.6 Å². The fourth-order valence-corrected chi connectivity index (χ4v) is 2.09. The monoisotopic (exact) mass is 396 g/mol. The van der Waals surface area contributed by atoms with Gasteiger partial charge in [-0.15, -0.1) is 0 Å². The standard InChI is InChI=1S/C16H10Cl2F4O3/c1-8(15(18)23)24-10-3-2-4-11(7-10)25-14-12(17)5-9(6-13(14)19)16(20,21)22/h2-8H,1H3. The molecule has 2 aromatic carbocycles. The van der Waals surface area contributed by atoms with Gasteiger partial charge in [0.1, 0.15) is 11.5 Å². The molecule has 3 nitrogen and oxygen atoms in total. The number of carbonyl (C=O) groups excluding carboxylic acids is 1. The third-order valence-corrected chi connectivity index (χ3v) is 3.57. The maximum atomic E-state index is 13.9. The predicted octanol–water partition coefficient (Wildman–Crippen LogP) is 5.82. The molecule has 134 valence electrons. The van der Waals surface area contributed by atoms with Crippen LogP contribution in [-0.4, -0.2) is 11.3 Å². The van der Waals surface area contributed by atoms with Crippen molar-refractivity contribution in [3.8, 4) is 17.2 Å². The van der Waals surface area contributed by atoms with Crippen molar-refractivity contribution in [2.45, 2.75) is 19.2 Å². The van der Waals surface area contributed by atoms with Crippen LogP contribution in [0.2, 0.25) is 5.02 Å². The molecule has 0 spiro atoms. The smallest absolute Gasteiger partial charge is 0.416 e. The number of hydrogen-bond acceptors (Lipinski definition) is 3. The number of alkyl halides is 3. The molecule has 0 amide bonds. The quantitative estimate of drug-likeness (QED) is 0.471. The van der Waals surface area contributed by atoms with Crippen molar-refractivity contribution in [2.75, 3.05) is 0 Å². The molecule has 9 heteroatoms. The van der Waals surface area contributed by atoms with Crippen LogP contribution >= 0.6 is 23.2 Å². The maximum Gasteiger partial charge on any atom is 0.416 e. The van der Waals surface area contributed by atoms with E-state index in [0.717, 1.165) is 0 Å². The Morgan fingerprint density at radius 2 is 1.80 bits per heavy atom. The highest BCUT2D eigenvalue weighted by Gasteiger charge is 2.32. The topological polar surface area (TPSA) is 35.5 Å². The molecule has 0 saturated carbocycles. The minimum atomic E-state index is -4.74. The molecule has 2 aromatic rings. The van der Waals surface area contributed by atoms with E-state index in [0.29, 0.717) is 6.07 Å². The first-order valence-electron chi connectivity index (χ1n) is 6.78. The van der Waals surface area contributed by atoms with E-state index in [1.807, 2.05) is 0 Å². The van der Waals surface area contributed by atoms with Crippen molar-refractivity contribution in [1.82, 2.24) is 0 Å². The highest BCUT2D eigenvalue weighted by molar-refractivity contribution is 6.64. The van der Waals surface area contributed by atoms with Crippen molar-refractivity contribution >= 4 is 28.4 Å². The van der Waals surface area contributed by atoms with Crippen LogP contribution in [0.1, 0.15) is 12.5 Å².